The van der Waals surface area contributed by atoms with Crippen molar-refractivity contribution in [2.45, 2.75) is 13.0 Å². The quantitative estimate of drug-likeness (QED) is 0.851. The minimum absolute atomic E-state index is 0.207. The molecule has 1 aromatic carbocycles. The first-order valence-corrected chi connectivity index (χ1v) is 7.91. The van der Waals surface area contributed by atoms with Gasteiger partial charge in [0.2, 0.25) is 6.79 Å². The Hall–Kier alpha value is -2.54. The second-order valence-electron chi connectivity index (χ2n) is 4.96. The van der Waals surface area contributed by atoms with Crippen molar-refractivity contribution >= 4 is 23.2 Å². The fourth-order valence-electron chi connectivity index (χ4n) is 2.15. The zero-order chi connectivity index (χ0) is 16.2. The topological polar surface area (TPSA) is 73.9 Å². The van der Waals surface area contributed by atoms with Gasteiger partial charge in [-0.05, 0) is 36.1 Å². The molecule has 2 aromatic rings. The molecule has 0 saturated carbocycles. The van der Waals surface area contributed by atoms with Crippen molar-refractivity contribution in [2.24, 2.45) is 0 Å². The third kappa shape index (κ3) is 3.62. The van der Waals surface area contributed by atoms with Gasteiger partial charge in [0, 0.05) is 0 Å². The first-order chi connectivity index (χ1) is 11.1. The van der Waals surface area contributed by atoms with Crippen LogP contribution >= 0.6 is 11.3 Å². The Kier molecular flexibility index (Phi) is 4.47. The molecular formula is C16H15NO5S. The number of hydrogen-bond acceptors (Lipinski definition) is 6. The molecule has 1 atom stereocenters. The van der Waals surface area contributed by atoms with Crippen LogP contribution in [0.25, 0.3) is 0 Å². The third-order valence-electron chi connectivity index (χ3n) is 3.33. The van der Waals surface area contributed by atoms with Crippen LogP contribution in [0.2, 0.25) is 0 Å². The molecule has 6 nitrogen and oxygen atoms in total. The lowest BCUT2D eigenvalue weighted by atomic mass is 10.1. The lowest BCUT2D eigenvalue weighted by Crippen LogP contribution is -2.31. The number of hydrogen-bond donors (Lipinski definition) is 1. The van der Waals surface area contributed by atoms with Gasteiger partial charge in [0.05, 0.1) is 6.04 Å². The summed E-state index contributed by atoms with van der Waals surface area (Å²) in [4.78, 5) is 24.0. The summed E-state index contributed by atoms with van der Waals surface area (Å²) >= 11 is 1.27. The van der Waals surface area contributed by atoms with Gasteiger partial charge in [0.25, 0.3) is 5.91 Å². The standard InChI is InChI=1S/C16H15NO5S/c1-10(11-4-5-12-13(7-11)22-9-21-12)17-15(18)8-20-16(19)14-3-2-6-23-14/h2-7,10H,8-9H2,1H3,(H,17,18)/t10-/m1/s1. The van der Waals surface area contributed by atoms with Crippen LogP contribution in [0, 0.1) is 0 Å². The molecule has 1 aliphatic rings. The van der Waals surface area contributed by atoms with Gasteiger partial charge in [0.15, 0.2) is 18.1 Å². The molecular weight excluding hydrogens is 318 g/mol. The van der Waals surface area contributed by atoms with Crippen molar-refractivity contribution < 1.29 is 23.8 Å². The molecule has 0 radical (unpaired) electrons. The predicted octanol–water partition coefficient (Wildman–Crippen LogP) is 2.51. The van der Waals surface area contributed by atoms with E-state index in [1.807, 2.05) is 19.1 Å². The number of fused-ring (bicyclic) bond motifs is 1. The second kappa shape index (κ2) is 6.70. The molecule has 3 rings (SSSR count). The monoisotopic (exact) mass is 333 g/mol. The number of benzene rings is 1. The average molecular weight is 333 g/mol. The SMILES string of the molecule is C[C@@H](NC(=O)COC(=O)c1cccs1)c1ccc2c(c1)OCO2. The van der Waals surface area contributed by atoms with Gasteiger partial charge in [0.1, 0.15) is 4.88 Å². The third-order valence-corrected chi connectivity index (χ3v) is 4.18. The highest BCUT2D eigenvalue weighted by Gasteiger charge is 2.17. The number of amides is 1. The summed E-state index contributed by atoms with van der Waals surface area (Å²) in [7, 11) is 0. The predicted molar refractivity (Wildman–Crippen MR) is 83.7 cm³/mol. The van der Waals surface area contributed by atoms with Gasteiger partial charge in [-0.25, -0.2) is 4.79 Å². The maximum atomic E-state index is 11.9. The number of carbonyl (C=O) groups excluding carboxylic acids is 2. The summed E-state index contributed by atoms with van der Waals surface area (Å²) in [5.41, 5.74) is 0.882. The molecule has 23 heavy (non-hydrogen) atoms. The van der Waals surface area contributed by atoms with Crippen LogP contribution in [-0.4, -0.2) is 25.3 Å². The van der Waals surface area contributed by atoms with Crippen LogP contribution in [0.5, 0.6) is 11.5 Å². The number of nitrogens with one attached hydrogen (secondary N) is 1. The van der Waals surface area contributed by atoms with Crippen LogP contribution in [0.4, 0.5) is 0 Å². The van der Waals surface area contributed by atoms with Gasteiger partial charge in [-0.15, -0.1) is 11.3 Å². The molecule has 0 unspecified atom stereocenters. The van der Waals surface area contributed by atoms with E-state index in [-0.39, 0.29) is 25.3 Å². The largest absolute Gasteiger partial charge is 0.454 e. The van der Waals surface area contributed by atoms with Crippen LogP contribution < -0.4 is 14.8 Å². The Morgan fingerprint density at radius 3 is 2.91 bits per heavy atom. The Bertz CT molecular complexity index is 713. The van der Waals surface area contributed by atoms with Crippen LogP contribution in [-0.2, 0) is 9.53 Å². The molecule has 120 valence electrons. The maximum Gasteiger partial charge on any atom is 0.348 e. The number of ether oxygens (including phenoxy) is 3. The van der Waals surface area contributed by atoms with E-state index in [2.05, 4.69) is 5.32 Å². The van der Waals surface area contributed by atoms with E-state index < -0.39 is 5.97 Å². The summed E-state index contributed by atoms with van der Waals surface area (Å²) < 4.78 is 15.5. The maximum absolute atomic E-state index is 11.9. The van der Waals surface area contributed by atoms with Gasteiger partial charge < -0.3 is 19.5 Å². The van der Waals surface area contributed by atoms with E-state index in [1.54, 1.807) is 23.6 Å². The number of rotatable bonds is 5. The van der Waals surface area contributed by atoms with E-state index in [0.717, 1.165) is 5.56 Å². The molecule has 2 heterocycles. The Morgan fingerprint density at radius 1 is 1.30 bits per heavy atom. The lowest BCUT2D eigenvalue weighted by Gasteiger charge is -2.14. The van der Waals surface area contributed by atoms with Crippen molar-refractivity contribution in [1.82, 2.24) is 5.32 Å². The van der Waals surface area contributed by atoms with E-state index in [1.165, 1.54) is 11.3 Å². The zero-order valence-electron chi connectivity index (χ0n) is 12.4. The first-order valence-electron chi connectivity index (χ1n) is 7.03. The van der Waals surface area contributed by atoms with Crippen LogP contribution in [0.15, 0.2) is 35.7 Å². The van der Waals surface area contributed by atoms with Gasteiger partial charge in [-0.3, -0.25) is 4.79 Å². The van der Waals surface area contributed by atoms with E-state index in [4.69, 9.17) is 14.2 Å². The first kappa shape index (κ1) is 15.4. The molecule has 1 N–H and O–H groups in total. The molecule has 1 aromatic heterocycles. The Labute approximate surface area is 137 Å². The van der Waals surface area contributed by atoms with Crippen LogP contribution in [0.1, 0.15) is 28.2 Å². The summed E-state index contributed by atoms with van der Waals surface area (Å²) in [6.45, 7) is 1.74. The molecule has 1 aliphatic heterocycles. The molecule has 0 aliphatic carbocycles. The van der Waals surface area contributed by atoms with Crippen molar-refractivity contribution in [1.29, 1.82) is 0 Å². The minimum Gasteiger partial charge on any atom is -0.454 e. The summed E-state index contributed by atoms with van der Waals surface area (Å²) in [5, 5.41) is 4.56. The highest BCUT2D eigenvalue weighted by molar-refractivity contribution is 7.11. The lowest BCUT2D eigenvalue weighted by molar-refractivity contribution is -0.124. The van der Waals surface area contributed by atoms with Gasteiger partial charge in [-0.1, -0.05) is 12.1 Å². The van der Waals surface area contributed by atoms with Gasteiger partial charge >= 0.3 is 5.97 Å². The number of esters is 1. The van der Waals surface area contributed by atoms with Gasteiger partial charge in [-0.2, -0.15) is 0 Å². The zero-order valence-corrected chi connectivity index (χ0v) is 13.2. The van der Waals surface area contributed by atoms with E-state index in [9.17, 15) is 9.59 Å². The van der Waals surface area contributed by atoms with E-state index >= 15 is 0 Å². The van der Waals surface area contributed by atoms with Crippen molar-refractivity contribution in [2.75, 3.05) is 13.4 Å². The Morgan fingerprint density at radius 2 is 2.13 bits per heavy atom. The molecule has 0 fully saturated rings. The highest BCUT2D eigenvalue weighted by Crippen LogP contribution is 2.34. The number of thiophene rings is 1. The Balaban J connectivity index is 1.52. The highest BCUT2D eigenvalue weighted by atomic mass is 32.1. The van der Waals surface area contributed by atoms with Crippen molar-refractivity contribution in [3.63, 3.8) is 0 Å². The fourth-order valence-corrected chi connectivity index (χ4v) is 2.76. The van der Waals surface area contributed by atoms with Crippen molar-refractivity contribution in [3.05, 3.63) is 46.2 Å². The van der Waals surface area contributed by atoms with Crippen molar-refractivity contribution in [3.8, 4) is 11.5 Å². The molecule has 1 amide bonds. The molecule has 7 heteroatoms. The summed E-state index contributed by atoms with van der Waals surface area (Å²) in [6.07, 6.45) is 0. The van der Waals surface area contributed by atoms with E-state index in [0.29, 0.717) is 16.4 Å². The summed E-state index contributed by atoms with van der Waals surface area (Å²) in [5.74, 6) is 0.496. The molecule has 0 saturated heterocycles. The smallest absolute Gasteiger partial charge is 0.348 e. The summed E-state index contributed by atoms with van der Waals surface area (Å²) in [6, 6.07) is 8.65. The normalized spacial score (nSPS) is 13.4. The average Bonchev–Trinajstić information content (AvgIpc) is 3.22. The fraction of sp³-hybridized carbons (Fsp3) is 0.250. The minimum atomic E-state index is -0.495. The molecule has 0 bridgehead atoms. The molecule has 0 spiro atoms. The second-order valence-corrected chi connectivity index (χ2v) is 5.90. The van der Waals surface area contributed by atoms with Crippen LogP contribution in [0.3, 0.4) is 0 Å². The number of carbonyl (C=O) groups is 2.